The summed E-state index contributed by atoms with van der Waals surface area (Å²) in [6.07, 6.45) is 3.18. The topological polar surface area (TPSA) is 127 Å². The fraction of sp³-hybridized carbons (Fsp3) is 0.583. The van der Waals surface area contributed by atoms with E-state index in [-0.39, 0.29) is 26.9 Å². The maximum atomic E-state index is 11.5. The minimum absolute atomic E-state index is 0.0547. The molecule has 0 amide bonds. The van der Waals surface area contributed by atoms with Gasteiger partial charge in [-0.25, -0.2) is 8.42 Å². The van der Waals surface area contributed by atoms with Crippen LogP contribution in [-0.4, -0.2) is 36.7 Å². The molecule has 1 aromatic rings. The van der Waals surface area contributed by atoms with Crippen molar-refractivity contribution in [3.63, 3.8) is 0 Å². The van der Waals surface area contributed by atoms with Crippen molar-refractivity contribution in [1.82, 2.24) is 0 Å². The average molecular weight is 348 g/mol. The summed E-state index contributed by atoms with van der Waals surface area (Å²) in [6, 6.07) is 0.978. The van der Waals surface area contributed by atoms with E-state index in [1.807, 2.05) is 0 Å². The third-order valence-electron chi connectivity index (χ3n) is 3.66. The van der Waals surface area contributed by atoms with Crippen molar-refractivity contribution in [2.75, 3.05) is 11.6 Å². The number of nitro groups is 1. The lowest BCUT2D eigenvalue weighted by molar-refractivity contribution is -0.383. The largest absolute Gasteiger partial charge is 0.481 e. The van der Waals surface area contributed by atoms with E-state index in [0.717, 1.165) is 23.7 Å². The van der Waals surface area contributed by atoms with Crippen LogP contribution in [0, 0.1) is 16.0 Å². The summed E-state index contributed by atoms with van der Waals surface area (Å²) >= 11 is 0.838. The van der Waals surface area contributed by atoms with Gasteiger partial charge in [-0.2, -0.15) is 0 Å². The molecule has 1 aliphatic rings. The summed E-state index contributed by atoms with van der Waals surface area (Å²) in [6.45, 7) is 0. The molecule has 0 aromatic carbocycles. The zero-order valence-corrected chi connectivity index (χ0v) is 13.4. The number of hydrogen-bond acceptors (Lipinski definition) is 7. The van der Waals surface area contributed by atoms with Crippen LogP contribution < -0.4 is 5.32 Å². The molecular formula is C12H16N2O6S2. The lowest BCUT2D eigenvalue weighted by Crippen LogP contribution is -2.29. The highest BCUT2D eigenvalue weighted by Gasteiger charge is 2.29. The molecule has 1 saturated carbocycles. The summed E-state index contributed by atoms with van der Waals surface area (Å²) in [4.78, 5) is 21.3. The molecule has 1 aliphatic carbocycles. The van der Waals surface area contributed by atoms with Gasteiger partial charge in [-0.15, -0.1) is 0 Å². The standard InChI is InChI=1S/C12H16N2O6S2/c1-22(19,20)10-6-9(14(17)18)11(21-10)13-8-4-2-7(3-5-8)12(15)16/h6-8,13H,2-5H2,1H3,(H,15,16). The van der Waals surface area contributed by atoms with Gasteiger partial charge in [0.1, 0.15) is 4.21 Å². The van der Waals surface area contributed by atoms with E-state index >= 15 is 0 Å². The predicted octanol–water partition coefficient (Wildman–Crippen LogP) is 2.12. The van der Waals surface area contributed by atoms with Gasteiger partial charge < -0.3 is 10.4 Å². The van der Waals surface area contributed by atoms with E-state index in [0.29, 0.717) is 25.7 Å². The molecule has 0 atom stereocenters. The highest BCUT2D eigenvalue weighted by molar-refractivity contribution is 7.92. The van der Waals surface area contributed by atoms with Crippen molar-refractivity contribution in [1.29, 1.82) is 0 Å². The van der Waals surface area contributed by atoms with E-state index in [9.17, 15) is 23.3 Å². The molecule has 10 heteroatoms. The Morgan fingerprint density at radius 3 is 2.45 bits per heavy atom. The molecule has 8 nitrogen and oxygen atoms in total. The first-order valence-electron chi connectivity index (χ1n) is 6.66. The first kappa shape index (κ1) is 16.7. The molecule has 0 spiro atoms. The number of hydrogen-bond donors (Lipinski definition) is 2. The first-order valence-corrected chi connectivity index (χ1v) is 9.37. The van der Waals surface area contributed by atoms with Gasteiger partial charge in [0.2, 0.25) is 0 Å². The minimum Gasteiger partial charge on any atom is -0.481 e. The number of carbonyl (C=O) groups is 1. The molecule has 1 fully saturated rings. The van der Waals surface area contributed by atoms with E-state index < -0.39 is 20.7 Å². The molecule has 0 bridgehead atoms. The van der Waals surface area contributed by atoms with Crippen LogP contribution in [0.15, 0.2) is 10.3 Å². The zero-order valence-electron chi connectivity index (χ0n) is 11.8. The van der Waals surface area contributed by atoms with Crippen LogP contribution in [-0.2, 0) is 14.6 Å². The molecule has 2 N–H and O–H groups in total. The Morgan fingerprint density at radius 2 is 2.00 bits per heavy atom. The van der Waals surface area contributed by atoms with Crippen LogP contribution in [0.5, 0.6) is 0 Å². The molecule has 22 heavy (non-hydrogen) atoms. The SMILES string of the molecule is CS(=O)(=O)c1cc([N+](=O)[O-])c(NC2CCC(C(=O)O)CC2)s1. The van der Waals surface area contributed by atoms with E-state index in [4.69, 9.17) is 5.11 Å². The smallest absolute Gasteiger partial charge is 0.306 e. The minimum atomic E-state index is -3.50. The summed E-state index contributed by atoms with van der Waals surface area (Å²) in [5, 5.41) is 23.2. The highest BCUT2D eigenvalue weighted by atomic mass is 32.2. The number of carboxylic acid groups (broad SMARTS) is 1. The van der Waals surface area contributed by atoms with Gasteiger partial charge in [0.15, 0.2) is 14.8 Å². The molecule has 1 heterocycles. The van der Waals surface area contributed by atoms with Crippen molar-refractivity contribution in [3.05, 3.63) is 16.2 Å². The Bertz CT molecular complexity index is 688. The van der Waals surface area contributed by atoms with E-state index in [2.05, 4.69) is 5.32 Å². The lowest BCUT2D eigenvalue weighted by atomic mass is 9.86. The fourth-order valence-electron chi connectivity index (χ4n) is 2.45. The number of thiophene rings is 1. The number of sulfone groups is 1. The van der Waals surface area contributed by atoms with Gasteiger partial charge >= 0.3 is 11.7 Å². The summed E-state index contributed by atoms with van der Waals surface area (Å²) < 4.78 is 23.0. The quantitative estimate of drug-likeness (QED) is 0.616. The molecule has 0 aliphatic heterocycles. The number of rotatable bonds is 5. The lowest BCUT2D eigenvalue weighted by Gasteiger charge is -2.26. The van der Waals surface area contributed by atoms with Crippen molar-refractivity contribution < 1.29 is 23.2 Å². The molecule has 1 aromatic heterocycles. The van der Waals surface area contributed by atoms with Crippen LogP contribution in [0.25, 0.3) is 0 Å². The number of aliphatic carboxylic acids is 1. The van der Waals surface area contributed by atoms with Gasteiger partial charge in [0, 0.05) is 18.4 Å². The first-order chi connectivity index (χ1) is 10.2. The van der Waals surface area contributed by atoms with Gasteiger partial charge in [-0.05, 0) is 25.7 Å². The number of nitrogens with one attached hydrogen (secondary N) is 1. The second-order valence-corrected chi connectivity index (χ2v) is 8.63. The Kier molecular flexibility index (Phi) is 4.71. The van der Waals surface area contributed by atoms with Crippen LogP contribution in [0.4, 0.5) is 10.7 Å². The van der Waals surface area contributed by atoms with E-state index in [1.165, 1.54) is 0 Å². The normalized spacial score (nSPS) is 22.2. The third-order valence-corrected chi connectivity index (χ3v) is 6.52. The van der Waals surface area contributed by atoms with E-state index in [1.54, 1.807) is 0 Å². The van der Waals surface area contributed by atoms with Crippen LogP contribution in [0.2, 0.25) is 0 Å². The molecule has 0 unspecified atom stereocenters. The van der Waals surface area contributed by atoms with Crippen molar-refractivity contribution in [2.45, 2.75) is 35.9 Å². The molecule has 122 valence electrons. The monoisotopic (exact) mass is 348 g/mol. The Morgan fingerprint density at radius 1 is 1.41 bits per heavy atom. The average Bonchev–Trinajstić information content (AvgIpc) is 2.83. The van der Waals surface area contributed by atoms with Crippen molar-refractivity contribution in [2.24, 2.45) is 5.92 Å². The zero-order chi connectivity index (χ0) is 16.5. The highest BCUT2D eigenvalue weighted by Crippen LogP contribution is 2.39. The molecule has 0 saturated heterocycles. The van der Waals surface area contributed by atoms with Gasteiger partial charge in [-0.1, -0.05) is 11.3 Å². The van der Waals surface area contributed by atoms with Crippen LogP contribution >= 0.6 is 11.3 Å². The Labute approximate surface area is 131 Å². The van der Waals surface area contributed by atoms with Crippen molar-refractivity contribution in [3.8, 4) is 0 Å². The summed E-state index contributed by atoms with van der Waals surface area (Å²) in [7, 11) is -3.50. The van der Waals surface area contributed by atoms with Crippen molar-refractivity contribution >= 4 is 37.8 Å². The molecule has 2 rings (SSSR count). The maximum absolute atomic E-state index is 11.5. The number of carboxylic acids is 1. The molecule has 0 radical (unpaired) electrons. The third kappa shape index (κ3) is 3.74. The second-order valence-electron chi connectivity index (χ2n) is 5.34. The molecular weight excluding hydrogens is 332 g/mol. The van der Waals surface area contributed by atoms with Gasteiger partial charge in [0.25, 0.3) is 0 Å². The van der Waals surface area contributed by atoms with Crippen LogP contribution in [0.1, 0.15) is 25.7 Å². The van der Waals surface area contributed by atoms with Gasteiger partial charge in [0.05, 0.1) is 10.8 Å². The Balaban J connectivity index is 2.14. The van der Waals surface area contributed by atoms with Gasteiger partial charge in [-0.3, -0.25) is 14.9 Å². The summed E-state index contributed by atoms with van der Waals surface area (Å²) in [5.41, 5.74) is -0.259. The fourth-order valence-corrected chi connectivity index (χ4v) is 4.47. The predicted molar refractivity (Wildman–Crippen MR) is 81.1 cm³/mol. The summed E-state index contributed by atoms with van der Waals surface area (Å²) in [5.74, 6) is -1.19. The second kappa shape index (κ2) is 6.21. The number of nitrogens with zero attached hydrogens (tertiary/aromatic N) is 1. The Hall–Kier alpha value is -1.68. The van der Waals surface area contributed by atoms with Crippen LogP contribution in [0.3, 0.4) is 0 Å². The number of anilines is 1. The maximum Gasteiger partial charge on any atom is 0.306 e.